The molecule has 2 atom stereocenters. The molecule has 140 valence electrons. The number of Topliss-reactive ketones (excluding diaryl/α,β-unsaturated/α-hetero) is 1. The maximum absolute atomic E-state index is 12.5. The largest absolute Gasteiger partial charge is 0.430 e. The van der Waals surface area contributed by atoms with E-state index in [-0.39, 0.29) is 12.2 Å². The number of benzene rings is 1. The van der Waals surface area contributed by atoms with Gasteiger partial charge in [0.05, 0.1) is 6.42 Å². The van der Waals surface area contributed by atoms with Crippen molar-refractivity contribution >= 4 is 41.2 Å². The molecular weight excluding hydrogens is 383 g/mol. The van der Waals surface area contributed by atoms with E-state index >= 15 is 0 Å². The minimum atomic E-state index is -0.950. The minimum Gasteiger partial charge on any atom is -0.430 e. The molecular formula is C17H18Cl2N2O5. The Labute approximate surface area is 161 Å². The van der Waals surface area contributed by atoms with Crippen molar-refractivity contribution in [2.45, 2.75) is 37.6 Å². The molecule has 0 saturated heterocycles. The third kappa shape index (κ3) is 5.12. The van der Waals surface area contributed by atoms with Gasteiger partial charge in [0, 0.05) is 18.0 Å². The van der Waals surface area contributed by atoms with Crippen LogP contribution in [-0.2, 0) is 9.47 Å². The summed E-state index contributed by atoms with van der Waals surface area (Å²) in [5.74, 6) is -0.257. The van der Waals surface area contributed by atoms with Crippen LogP contribution < -0.4 is 0 Å². The number of ether oxygens (including phenoxy) is 2. The van der Waals surface area contributed by atoms with Crippen molar-refractivity contribution in [3.8, 4) is 0 Å². The van der Waals surface area contributed by atoms with Crippen molar-refractivity contribution < 1.29 is 23.9 Å². The highest BCUT2D eigenvalue weighted by Crippen LogP contribution is 2.24. The van der Waals surface area contributed by atoms with Gasteiger partial charge in [-0.2, -0.15) is 0 Å². The molecule has 0 aromatic heterocycles. The molecule has 1 aliphatic rings. The van der Waals surface area contributed by atoms with E-state index in [1.54, 1.807) is 30.3 Å². The van der Waals surface area contributed by atoms with Crippen LogP contribution in [0.2, 0.25) is 0 Å². The number of ketones is 1. The lowest BCUT2D eigenvalue weighted by atomic mass is 10.1. The van der Waals surface area contributed by atoms with Gasteiger partial charge in [0.1, 0.15) is 6.17 Å². The predicted molar refractivity (Wildman–Crippen MR) is 95.6 cm³/mol. The smallest absolute Gasteiger partial charge is 0.417 e. The highest BCUT2D eigenvalue weighted by atomic mass is 35.5. The first-order chi connectivity index (χ1) is 12.3. The first-order valence-corrected chi connectivity index (χ1v) is 8.69. The topological polar surface area (TPSA) is 76.2 Å². The third-order valence-corrected chi connectivity index (χ3v) is 3.62. The summed E-state index contributed by atoms with van der Waals surface area (Å²) in [7, 11) is 0. The zero-order valence-electron chi connectivity index (χ0n) is 14.2. The van der Waals surface area contributed by atoms with Gasteiger partial charge in [-0.1, -0.05) is 53.5 Å². The zero-order valence-corrected chi connectivity index (χ0v) is 15.7. The fourth-order valence-corrected chi connectivity index (χ4v) is 2.50. The van der Waals surface area contributed by atoms with E-state index in [4.69, 9.17) is 32.7 Å². The average molecular weight is 401 g/mol. The molecule has 1 aromatic rings. The van der Waals surface area contributed by atoms with Gasteiger partial charge in [-0.3, -0.25) is 14.6 Å². The van der Waals surface area contributed by atoms with Crippen LogP contribution in [0.4, 0.5) is 9.59 Å². The number of halogens is 2. The van der Waals surface area contributed by atoms with Crippen molar-refractivity contribution in [2.24, 2.45) is 0 Å². The number of carbonyl (C=O) groups excluding carboxylic acids is 3. The van der Waals surface area contributed by atoms with Gasteiger partial charge in [0.15, 0.2) is 16.9 Å². The van der Waals surface area contributed by atoms with E-state index in [0.29, 0.717) is 5.56 Å². The second-order valence-corrected chi connectivity index (χ2v) is 6.67. The second-order valence-electron chi connectivity index (χ2n) is 5.44. The Morgan fingerprint density at radius 1 is 0.962 bits per heavy atom. The molecule has 0 bridgehead atoms. The van der Waals surface area contributed by atoms with Gasteiger partial charge in [-0.05, 0) is 13.8 Å². The van der Waals surface area contributed by atoms with Gasteiger partial charge >= 0.3 is 12.2 Å². The minimum absolute atomic E-state index is 0.158. The van der Waals surface area contributed by atoms with Crippen molar-refractivity contribution in [2.75, 3.05) is 0 Å². The Kier molecular flexibility index (Phi) is 6.88. The molecule has 0 N–H and O–H groups in total. The van der Waals surface area contributed by atoms with Crippen molar-refractivity contribution in [1.29, 1.82) is 0 Å². The van der Waals surface area contributed by atoms with Crippen LogP contribution in [0.25, 0.3) is 0 Å². The fraction of sp³-hybridized carbons (Fsp3) is 0.353. The molecule has 2 amide bonds. The molecule has 1 aliphatic heterocycles. The second kappa shape index (κ2) is 8.91. The molecule has 9 heteroatoms. The quantitative estimate of drug-likeness (QED) is 0.548. The highest BCUT2D eigenvalue weighted by Gasteiger charge is 2.38. The van der Waals surface area contributed by atoms with Gasteiger partial charge in [-0.15, -0.1) is 0 Å². The number of rotatable bonds is 5. The van der Waals surface area contributed by atoms with Crippen molar-refractivity contribution in [1.82, 2.24) is 9.80 Å². The van der Waals surface area contributed by atoms with Crippen LogP contribution in [0.5, 0.6) is 0 Å². The first kappa shape index (κ1) is 20.1. The van der Waals surface area contributed by atoms with E-state index in [9.17, 15) is 14.4 Å². The van der Waals surface area contributed by atoms with Crippen LogP contribution in [0.3, 0.4) is 0 Å². The monoisotopic (exact) mass is 400 g/mol. The molecule has 0 saturated carbocycles. The van der Waals surface area contributed by atoms with Crippen LogP contribution >= 0.6 is 23.2 Å². The third-order valence-electron chi connectivity index (χ3n) is 3.44. The molecule has 1 aromatic carbocycles. The molecule has 0 aliphatic carbocycles. The van der Waals surface area contributed by atoms with Crippen LogP contribution in [0.1, 0.15) is 30.6 Å². The molecule has 0 fully saturated rings. The summed E-state index contributed by atoms with van der Waals surface area (Å²) in [6.45, 7) is 2.95. The standard InChI is InChI=1S/C17H18Cl2N2O5/c1-11(18)25-16(23)20-8-9-21(17(24)26-12(2)19)15(20)10-14(22)13-6-4-3-5-7-13/h3-9,11-12,15H,10H2,1-2H3. The Morgan fingerprint density at radius 2 is 1.42 bits per heavy atom. The van der Waals surface area contributed by atoms with Crippen LogP contribution in [-0.4, -0.2) is 45.1 Å². The molecule has 26 heavy (non-hydrogen) atoms. The molecule has 7 nitrogen and oxygen atoms in total. The van der Waals surface area contributed by atoms with Crippen molar-refractivity contribution in [3.63, 3.8) is 0 Å². The number of amides is 2. The summed E-state index contributed by atoms with van der Waals surface area (Å²) in [5.41, 5.74) is -1.28. The Morgan fingerprint density at radius 3 is 1.85 bits per heavy atom. The summed E-state index contributed by atoms with van der Waals surface area (Å²) >= 11 is 11.4. The maximum atomic E-state index is 12.5. The van der Waals surface area contributed by atoms with E-state index in [1.807, 2.05) is 0 Å². The average Bonchev–Trinajstić information content (AvgIpc) is 2.98. The maximum Gasteiger partial charge on any atom is 0.417 e. The number of hydrogen-bond acceptors (Lipinski definition) is 5. The fourth-order valence-electron chi connectivity index (χ4n) is 2.35. The van der Waals surface area contributed by atoms with Gasteiger partial charge < -0.3 is 9.47 Å². The molecule has 2 unspecified atom stereocenters. The van der Waals surface area contributed by atoms with Crippen LogP contribution in [0, 0.1) is 0 Å². The van der Waals surface area contributed by atoms with E-state index in [0.717, 1.165) is 9.80 Å². The Bertz CT molecular complexity index is 662. The summed E-state index contributed by atoms with van der Waals surface area (Å²) < 4.78 is 9.89. The van der Waals surface area contributed by atoms with E-state index < -0.39 is 29.5 Å². The predicted octanol–water partition coefficient (Wildman–Crippen LogP) is 4.12. The summed E-state index contributed by atoms with van der Waals surface area (Å²) in [6, 6.07) is 8.53. The summed E-state index contributed by atoms with van der Waals surface area (Å²) in [5, 5.41) is 0. The number of hydrogen-bond donors (Lipinski definition) is 0. The number of nitrogens with zero attached hydrogens (tertiary/aromatic N) is 2. The van der Waals surface area contributed by atoms with Gasteiger partial charge in [0.25, 0.3) is 0 Å². The Balaban J connectivity index is 2.21. The van der Waals surface area contributed by atoms with Gasteiger partial charge in [-0.25, -0.2) is 9.59 Å². The number of alkyl halides is 2. The number of carbonyl (C=O) groups is 3. The van der Waals surface area contributed by atoms with Crippen LogP contribution in [0.15, 0.2) is 42.7 Å². The lowest BCUT2D eigenvalue weighted by Gasteiger charge is -2.29. The first-order valence-electron chi connectivity index (χ1n) is 7.82. The van der Waals surface area contributed by atoms with Gasteiger partial charge in [0.2, 0.25) is 0 Å². The highest BCUT2D eigenvalue weighted by molar-refractivity contribution is 6.20. The summed E-state index contributed by atoms with van der Waals surface area (Å²) in [4.78, 5) is 39.2. The lowest BCUT2D eigenvalue weighted by Crippen LogP contribution is -2.46. The van der Waals surface area contributed by atoms with E-state index in [1.165, 1.54) is 26.2 Å². The lowest BCUT2D eigenvalue weighted by molar-refractivity contribution is 0.0573. The Hall–Kier alpha value is -2.25. The van der Waals surface area contributed by atoms with E-state index in [2.05, 4.69) is 0 Å². The summed E-state index contributed by atoms with van der Waals surface area (Å²) in [6.07, 6.45) is -0.0366. The molecule has 2 rings (SSSR count). The SMILES string of the molecule is CC(Cl)OC(=O)N1C=CN(C(=O)OC(C)Cl)C1CC(=O)c1ccccc1. The van der Waals surface area contributed by atoms with Crippen molar-refractivity contribution in [3.05, 3.63) is 48.3 Å². The molecule has 0 radical (unpaired) electrons. The normalized spacial score (nSPS) is 18.4. The zero-order chi connectivity index (χ0) is 19.3. The molecule has 0 spiro atoms. The molecule has 1 heterocycles.